The van der Waals surface area contributed by atoms with Gasteiger partial charge in [-0.3, -0.25) is 0 Å². The molecule has 0 aliphatic heterocycles. The molecule has 0 bridgehead atoms. The standard InChI is InChI=1S/C15H21Cl2N/c1-3-8-18-12-6-7-15(2,10-12)13-9-11(16)4-5-14(13)17/h4-5,9,12,18H,3,6-8,10H2,1-2H3. The molecule has 18 heavy (non-hydrogen) atoms. The predicted octanol–water partition coefficient (Wildman–Crippen LogP) is 4.80. The molecule has 3 heteroatoms. The summed E-state index contributed by atoms with van der Waals surface area (Å²) in [4.78, 5) is 0. The first-order valence-corrected chi connectivity index (χ1v) is 7.49. The van der Waals surface area contributed by atoms with E-state index in [1.807, 2.05) is 18.2 Å². The van der Waals surface area contributed by atoms with Gasteiger partial charge >= 0.3 is 0 Å². The maximum absolute atomic E-state index is 6.34. The Kier molecular flexibility index (Phi) is 4.58. The van der Waals surface area contributed by atoms with Crippen molar-refractivity contribution in [3.63, 3.8) is 0 Å². The van der Waals surface area contributed by atoms with Gasteiger partial charge in [0.2, 0.25) is 0 Å². The largest absolute Gasteiger partial charge is 0.314 e. The van der Waals surface area contributed by atoms with Gasteiger partial charge in [0.05, 0.1) is 0 Å². The lowest BCUT2D eigenvalue weighted by molar-refractivity contribution is 0.453. The van der Waals surface area contributed by atoms with Crippen molar-refractivity contribution in [2.75, 3.05) is 6.54 Å². The van der Waals surface area contributed by atoms with E-state index in [0.29, 0.717) is 6.04 Å². The Bertz CT molecular complexity index is 419. The number of nitrogens with one attached hydrogen (secondary N) is 1. The second-order valence-electron chi connectivity index (χ2n) is 5.58. The minimum absolute atomic E-state index is 0.160. The summed E-state index contributed by atoms with van der Waals surface area (Å²) < 4.78 is 0. The lowest BCUT2D eigenvalue weighted by Gasteiger charge is -2.26. The second-order valence-corrected chi connectivity index (χ2v) is 6.42. The average molecular weight is 286 g/mol. The maximum Gasteiger partial charge on any atom is 0.0444 e. The summed E-state index contributed by atoms with van der Waals surface area (Å²) in [5.74, 6) is 0. The summed E-state index contributed by atoms with van der Waals surface area (Å²) in [6, 6.07) is 6.42. The minimum Gasteiger partial charge on any atom is -0.314 e. The van der Waals surface area contributed by atoms with Gasteiger partial charge in [-0.2, -0.15) is 0 Å². The third kappa shape index (κ3) is 3.01. The van der Waals surface area contributed by atoms with E-state index in [2.05, 4.69) is 19.2 Å². The monoisotopic (exact) mass is 285 g/mol. The van der Waals surface area contributed by atoms with Crippen LogP contribution in [0.1, 0.15) is 45.1 Å². The Hall–Kier alpha value is -0.240. The van der Waals surface area contributed by atoms with E-state index < -0.39 is 0 Å². The van der Waals surface area contributed by atoms with Crippen molar-refractivity contribution in [1.82, 2.24) is 5.32 Å². The lowest BCUT2D eigenvalue weighted by Crippen LogP contribution is -2.29. The number of hydrogen-bond donors (Lipinski definition) is 1. The van der Waals surface area contributed by atoms with Crippen LogP contribution in [0.25, 0.3) is 0 Å². The maximum atomic E-state index is 6.34. The van der Waals surface area contributed by atoms with E-state index in [4.69, 9.17) is 23.2 Å². The fourth-order valence-electron chi connectivity index (χ4n) is 2.97. The van der Waals surface area contributed by atoms with Crippen molar-refractivity contribution >= 4 is 23.2 Å². The van der Waals surface area contributed by atoms with E-state index in [-0.39, 0.29) is 5.41 Å². The van der Waals surface area contributed by atoms with Crippen LogP contribution in [0.5, 0.6) is 0 Å². The molecular formula is C15H21Cl2N. The normalized spacial score (nSPS) is 27.7. The molecule has 0 aromatic heterocycles. The first-order chi connectivity index (χ1) is 8.55. The average Bonchev–Trinajstić information content (AvgIpc) is 2.73. The Labute approximate surface area is 120 Å². The van der Waals surface area contributed by atoms with Crippen LogP contribution < -0.4 is 5.32 Å². The summed E-state index contributed by atoms with van der Waals surface area (Å²) in [7, 11) is 0. The fraction of sp³-hybridized carbons (Fsp3) is 0.600. The number of halogens is 2. The smallest absolute Gasteiger partial charge is 0.0444 e. The van der Waals surface area contributed by atoms with Crippen LogP contribution in [0.15, 0.2) is 18.2 Å². The molecule has 2 unspecified atom stereocenters. The molecule has 1 fully saturated rings. The molecule has 1 aliphatic carbocycles. The summed E-state index contributed by atoms with van der Waals surface area (Å²) in [5.41, 5.74) is 1.37. The molecule has 0 radical (unpaired) electrons. The highest BCUT2D eigenvalue weighted by atomic mass is 35.5. The van der Waals surface area contributed by atoms with Crippen molar-refractivity contribution in [1.29, 1.82) is 0 Å². The molecule has 0 spiro atoms. The van der Waals surface area contributed by atoms with Gasteiger partial charge in [0, 0.05) is 16.1 Å². The van der Waals surface area contributed by atoms with Crippen molar-refractivity contribution < 1.29 is 0 Å². The van der Waals surface area contributed by atoms with Crippen molar-refractivity contribution in [2.45, 2.75) is 51.0 Å². The highest BCUT2D eigenvalue weighted by Crippen LogP contribution is 2.44. The molecule has 1 aromatic rings. The van der Waals surface area contributed by atoms with Crippen molar-refractivity contribution in [3.8, 4) is 0 Å². The van der Waals surface area contributed by atoms with Crippen LogP contribution in [-0.4, -0.2) is 12.6 Å². The third-order valence-corrected chi connectivity index (χ3v) is 4.57. The quantitative estimate of drug-likeness (QED) is 0.838. The molecule has 2 atom stereocenters. The van der Waals surface area contributed by atoms with Gasteiger partial charge in [-0.25, -0.2) is 0 Å². The second kappa shape index (κ2) is 5.81. The molecule has 0 amide bonds. The van der Waals surface area contributed by atoms with Gasteiger partial charge < -0.3 is 5.32 Å². The number of rotatable bonds is 4. The molecule has 1 saturated carbocycles. The first kappa shape index (κ1) is 14.2. The zero-order valence-electron chi connectivity index (χ0n) is 11.1. The van der Waals surface area contributed by atoms with Gasteiger partial charge in [0.15, 0.2) is 0 Å². The summed E-state index contributed by atoms with van der Waals surface area (Å²) in [6.07, 6.45) is 4.73. The summed E-state index contributed by atoms with van der Waals surface area (Å²) in [5, 5.41) is 5.24. The van der Waals surface area contributed by atoms with E-state index in [9.17, 15) is 0 Å². The van der Waals surface area contributed by atoms with Crippen LogP contribution in [0, 0.1) is 0 Å². The molecule has 1 nitrogen and oxygen atoms in total. The van der Waals surface area contributed by atoms with Crippen LogP contribution in [-0.2, 0) is 5.41 Å². The molecule has 1 N–H and O–H groups in total. The zero-order chi connectivity index (χ0) is 13.2. The number of benzene rings is 1. The molecule has 2 rings (SSSR count). The Morgan fingerprint density at radius 3 is 2.89 bits per heavy atom. The van der Waals surface area contributed by atoms with Crippen LogP contribution in [0.3, 0.4) is 0 Å². The van der Waals surface area contributed by atoms with Gasteiger partial charge in [0.1, 0.15) is 0 Å². The van der Waals surface area contributed by atoms with Crippen molar-refractivity contribution in [3.05, 3.63) is 33.8 Å². The highest BCUT2D eigenvalue weighted by Gasteiger charge is 2.37. The molecule has 0 heterocycles. The van der Waals surface area contributed by atoms with Crippen LogP contribution >= 0.6 is 23.2 Å². The Morgan fingerprint density at radius 1 is 1.39 bits per heavy atom. The van der Waals surface area contributed by atoms with Crippen LogP contribution in [0.2, 0.25) is 10.0 Å². The SMILES string of the molecule is CCCNC1CCC(C)(c2cc(Cl)ccc2Cl)C1. The minimum atomic E-state index is 0.160. The van der Waals surface area contributed by atoms with E-state index in [0.717, 1.165) is 23.0 Å². The fourth-order valence-corrected chi connectivity index (χ4v) is 3.49. The molecule has 1 aliphatic rings. The Balaban J connectivity index is 2.15. The summed E-state index contributed by atoms with van der Waals surface area (Å²) in [6.45, 7) is 5.61. The first-order valence-electron chi connectivity index (χ1n) is 6.74. The van der Waals surface area contributed by atoms with E-state index >= 15 is 0 Å². The molecule has 1 aromatic carbocycles. The lowest BCUT2D eigenvalue weighted by atomic mass is 9.81. The van der Waals surface area contributed by atoms with Crippen molar-refractivity contribution in [2.24, 2.45) is 0 Å². The number of hydrogen-bond acceptors (Lipinski definition) is 1. The summed E-state index contributed by atoms with van der Waals surface area (Å²) >= 11 is 12.4. The highest BCUT2D eigenvalue weighted by molar-refractivity contribution is 6.33. The molecule has 0 saturated heterocycles. The van der Waals surface area contributed by atoms with Gasteiger partial charge in [0.25, 0.3) is 0 Å². The molecule has 100 valence electrons. The van der Waals surface area contributed by atoms with Gasteiger partial charge in [-0.15, -0.1) is 0 Å². The molecular weight excluding hydrogens is 265 g/mol. The third-order valence-electron chi connectivity index (χ3n) is 4.00. The Morgan fingerprint density at radius 2 is 2.17 bits per heavy atom. The van der Waals surface area contributed by atoms with E-state index in [1.54, 1.807) is 0 Å². The van der Waals surface area contributed by atoms with Gasteiger partial charge in [-0.05, 0) is 61.4 Å². The van der Waals surface area contributed by atoms with E-state index in [1.165, 1.54) is 24.8 Å². The predicted molar refractivity (Wildman–Crippen MR) is 79.7 cm³/mol. The zero-order valence-corrected chi connectivity index (χ0v) is 12.6. The van der Waals surface area contributed by atoms with Crippen LogP contribution in [0.4, 0.5) is 0 Å². The topological polar surface area (TPSA) is 12.0 Å². The van der Waals surface area contributed by atoms with Gasteiger partial charge in [-0.1, -0.05) is 37.0 Å².